The van der Waals surface area contributed by atoms with Crippen molar-refractivity contribution >= 4 is 18.9 Å². The van der Waals surface area contributed by atoms with Crippen LogP contribution >= 0.6 is 0 Å². The maximum Gasteiger partial charge on any atom is 0.531 e. The van der Waals surface area contributed by atoms with Crippen molar-refractivity contribution in [3.05, 3.63) is 180 Å². The van der Waals surface area contributed by atoms with Crippen LogP contribution in [0.4, 0.5) is 0 Å². The van der Waals surface area contributed by atoms with E-state index in [1.54, 1.807) is 24.3 Å². The average Bonchev–Trinajstić information content (AvgIpc) is 3.09. The van der Waals surface area contributed by atoms with Crippen molar-refractivity contribution in [3.8, 4) is 23.0 Å². The van der Waals surface area contributed by atoms with Gasteiger partial charge in [-0.25, -0.2) is 0 Å². The highest BCUT2D eigenvalue weighted by atomic mass is 28.4. The van der Waals surface area contributed by atoms with Crippen molar-refractivity contribution < 1.29 is 19.1 Å². The summed E-state index contributed by atoms with van der Waals surface area (Å²) in [5.41, 5.74) is 3.95. The van der Waals surface area contributed by atoms with Crippen LogP contribution in [-0.2, 0) is 10.8 Å². The Labute approximate surface area is 278 Å². The van der Waals surface area contributed by atoms with E-state index < -0.39 is 8.56 Å². The molecule has 0 saturated heterocycles. The summed E-state index contributed by atoms with van der Waals surface area (Å²) >= 11 is 0. The minimum Gasteiger partial charge on any atom is -0.508 e. The summed E-state index contributed by atoms with van der Waals surface area (Å²) in [7, 11) is -3.35. The van der Waals surface area contributed by atoms with Gasteiger partial charge in [-0.3, -0.25) is 0 Å². The highest BCUT2D eigenvalue weighted by Gasteiger charge is 2.47. The molecule has 0 heterocycles. The Balaban J connectivity index is 1.37. The van der Waals surface area contributed by atoms with E-state index >= 15 is 0 Å². The molecule has 4 nitrogen and oxygen atoms in total. The Hall–Kier alpha value is -5.26. The molecule has 47 heavy (non-hydrogen) atoms. The molecule has 6 aromatic carbocycles. The molecular weight excluding hydrogens is 597 g/mol. The van der Waals surface area contributed by atoms with Crippen LogP contribution in [0, 0.1) is 0 Å². The highest BCUT2D eigenvalue weighted by molar-refractivity contribution is 6.93. The number of hydrogen-bond donors (Lipinski definition) is 2. The zero-order valence-electron chi connectivity index (χ0n) is 27.2. The maximum atomic E-state index is 9.80. The van der Waals surface area contributed by atoms with Gasteiger partial charge in [-0.05, 0) is 70.8 Å². The number of phenols is 2. The van der Waals surface area contributed by atoms with Crippen molar-refractivity contribution in [2.24, 2.45) is 0 Å². The predicted octanol–water partition coefficient (Wildman–Crippen LogP) is 8.46. The summed E-state index contributed by atoms with van der Waals surface area (Å²) in [4.78, 5) is 0. The van der Waals surface area contributed by atoms with E-state index in [0.29, 0.717) is 0 Å². The van der Waals surface area contributed by atoms with E-state index in [0.717, 1.165) is 44.1 Å². The molecule has 0 spiro atoms. The molecule has 2 N–H and O–H groups in total. The van der Waals surface area contributed by atoms with Gasteiger partial charge in [0, 0.05) is 21.2 Å². The first kappa shape index (κ1) is 31.7. The zero-order valence-corrected chi connectivity index (χ0v) is 28.2. The topological polar surface area (TPSA) is 58.9 Å². The highest BCUT2D eigenvalue weighted by Crippen LogP contribution is 2.35. The first-order valence-electron chi connectivity index (χ1n) is 15.9. The van der Waals surface area contributed by atoms with E-state index in [4.69, 9.17) is 8.85 Å². The molecule has 0 aliphatic heterocycles. The number of benzene rings is 6. The minimum absolute atomic E-state index is 0.257. The lowest BCUT2D eigenvalue weighted by Crippen LogP contribution is -2.68. The lowest BCUT2D eigenvalue weighted by molar-refractivity contribution is 0.416. The lowest BCUT2D eigenvalue weighted by atomic mass is 9.78. The fraction of sp³-hybridized carbons (Fsp3) is 0.143. The molecule has 0 aromatic heterocycles. The van der Waals surface area contributed by atoms with Gasteiger partial charge in [0.2, 0.25) is 0 Å². The van der Waals surface area contributed by atoms with Crippen LogP contribution in [0.15, 0.2) is 158 Å². The van der Waals surface area contributed by atoms with Crippen LogP contribution in [0.1, 0.15) is 49.9 Å². The molecule has 0 aliphatic rings. The van der Waals surface area contributed by atoms with E-state index in [1.807, 2.05) is 84.9 Å². The maximum absolute atomic E-state index is 9.80. The second-order valence-electron chi connectivity index (χ2n) is 12.9. The Morgan fingerprint density at radius 1 is 0.383 bits per heavy atom. The monoisotopic (exact) mass is 636 g/mol. The van der Waals surface area contributed by atoms with Gasteiger partial charge in [-0.15, -0.1) is 0 Å². The quantitative estimate of drug-likeness (QED) is 0.148. The van der Waals surface area contributed by atoms with Gasteiger partial charge in [0.15, 0.2) is 0 Å². The molecule has 0 aliphatic carbocycles. The molecule has 5 heteroatoms. The molecule has 0 unspecified atom stereocenters. The predicted molar refractivity (Wildman–Crippen MR) is 193 cm³/mol. The number of phenolic OH excluding ortho intramolecular Hbond substituents is 2. The van der Waals surface area contributed by atoms with Gasteiger partial charge in [-0.1, -0.05) is 137 Å². The summed E-state index contributed by atoms with van der Waals surface area (Å²) in [5.74, 6) is 1.96. The first-order chi connectivity index (χ1) is 22.6. The van der Waals surface area contributed by atoms with E-state index in [9.17, 15) is 10.2 Å². The summed E-state index contributed by atoms with van der Waals surface area (Å²) in [5, 5.41) is 21.6. The van der Waals surface area contributed by atoms with Gasteiger partial charge >= 0.3 is 8.56 Å². The molecule has 6 rings (SSSR count). The van der Waals surface area contributed by atoms with Crippen molar-refractivity contribution in [2.45, 2.75) is 38.5 Å². The summed E-state index contributed by atoms with van der Waals surface area (Å²) in [6.07, 6.45) is 0. The lowest BCUT2D eigenvalue weighted by Gasteiger charge is -2.33. The summed E-state index contributed by atoms with van der Waals surface area (Å²) in [6, 6.07) is 51.8. The molecule has 0 fully saturated rings. The molecule has 0 amide bonds. The second kappa shape index (κ2) is 12.9. The first-order valence-corrected chi connectivity index (χ1v) is 17.7. The van der Waals surface area contributed by atoms with Gasteiger partial charge in [0.05, 0.1) is 0 Å². The van der Waals surface area contributed by atoms with E-state index in [-0.39, 0.29) is 22.3 Å². The normalized spacial score (nSPS) is 12.0. The second-order valence-corrected chi connectivity index (χ2v) is 15.7. The Morgan fingerprint density at radius 2 is 0.660 bits per heavy atom. The third-order valence-electron chi connectivity index (χ3n) is 9.16. The zero-order chi connectivity index (χ0) is 33.1. The number of aromatic hydroxyl groups is 2. The van der Waals surface area contributed by atoms with Gasteiger partial charge in [0.1, 0.15) is 23.0 Å². The van der Waals surface area contributed by atoms with E-state index in [2.05, 4.69) is 76.2 Å². The van der Waals surface area contributed by atoms with Gasteiger partial charge < -0.3 is 19.1 Å². The molecule has 236 valence electrons. The Bertz CT molecular complexity index is 1750. The standard InChI is InChI=1S/C42H40O4Si/c1-41(2,31-15-23-35(43)24-16-31)33-19-27-37(28-20-33)45-47(39-11-7-5-8-12-39,40-13-9-6-10-14-40)46-38-29-21-34(22-30-38)42(3,4)32-17-25-36(44)26-18-32/h5-30,43-44H,1-4H3. The van der Waals surface area contributed by atoms with Crippen molar-refractivity contribution in [2.75, 3.05) is 0 Å². The molecular formula is C42H40O4Si. The van der Waals surface area contributed by atoms with Crippen LogP contribution in [0.2, 0.25) is 0 Å². The molecule has 0 radical (unpaired) electrons. The van der Waals surface area contributed by atoms with Crippen LogP contribution in [-0.4, -0.2) is 18.8 Å². The molecule has 0 atom stereocenters. The summed E-state index contributed by atoms with van der Waals surface area (Å²) < 4.78 is 14.2. The van der Waals surface area contributed by atoms with Crippen molar-refractivity contribution in [1.29, 1.82) is 0 Å². The van der Waals surface area contributed by atoms with Crippen molar-refractivity contribution in [3.63, 3.8) is 0 Å². The Morgan fingerprint density at radius 3 is 0.957 bits per heavy atom. The van der Waals surface area contributed by atoms with E-state index in [1.165, 1.54) is 0 Å². The summed E-state index contributed by atoms with van der Waals surface area (Å²) in [6.45, 7) is 8.71. The van der Waals surface area contributed by atoms with Crippen LogP contribution < -0.4 is 19.2 Å². The third-order valence-corrected chi connectivity index (χ3v) is 12.4. The minimum atomic E-state index is -3.35. The fourth-order valence-electron chi connectivity index (χ4n) is 6.04. The van der Waals surface area contributed by atoms with Crippen LogP contribution in [0.5, 0.6) is 23.0 Å². The smallest absolute Gasteiger partial charge is 0.508 e. The van der Waals surface area contributed by atoms with Crippen LogP contribution in [0.25, 0.3) is 0 Å². The number of hydrogen-bond acceptors (Lipinski definition) is 4. The average molecular weight is 637 g/mol. The number of rotatable bonds is 10. The van der Waals surface area contributed by atoms with Gasteiger partial charge in [-0.2, -0.15) is 0 Å². The van der Waals surface area contributed by atoms with Crippen molar-refractivity contribution in [1.82, 2.24) is 0 Å². The third kappa shape index (κ3) is 6.53. The molecule has 6 aromatic rings. The molecule has 0 bridgehead atoms. The van der Waals surface area contributed by atoms with Gasteiger partial charge in [0.25, 0.3) is 0 Å². The SMILES string of the molecule is CC(C)(c1ccc(O)cc1)c1ccc(O[Si](Oc2ccc(C(C)(C)c3ccc(O)cc3)cc2)(c2ccccc2)c2ccccc2)cc1. The Kier molecular flexibility index (Phi) is 8.67. The largest absolute Gasteiger partial charge is 0.531 e. The fourth-order valence-corrected chi connectivity index (χ4v) is 9.08. The van der Waals surface area contributed by atoms with Crippen LogP contribution in [0.3, 0.4) is 0 Å². The molecule has 0 saturated carbocycles.